The van der Waals surface area contributed by atoms with Crippen molar-refractivity contribution in [3.05, 3.63) is 181 Å². The molecular formula is C39H34N2. The van der Waals surface area contributed by atoms with Gasteiger partial charge in [-0.2, -0.15) is 0 Å². The van der Waals surface area contributed by atoms with Crippen molar-refractivity contribution in [3.63, 3.8) is 0 Å². The molecule has 2 nitrogen and oxygen atoms in total. The molecular weight excluding hydrogens is 496 g/mol. The summed E-state index contributed by atoms with van der Waals surface area (Å²) < 4.78 is 0. The van der Waals surface area contributed by atoms with E-state index in [1.807, 2.05) is 0 Å². The Balaban J connectivity index is 1.63. The fourth-order valence-electron chi connectivity index (χ4n) is 5.44. The molecule has 0 N–H and O–H groups in total. The van der Waals surface area contributed by atoms with Gasteiger partial charge in [0.15, 0.2) is 0 Å². The highest BCUT2D eigenvalue weighted by molar-refractivity contribution is 5.84. The predicted molar refractivity (Wildman–Crippen MR) is 174 cm³/mol. The molecule has 0 aliphatic heterocycles. The Hall–Kier alpha value is -5.08. The van der Waals surface area contributed by atoms with Gasteiger partial charge in [0.1, 0.15) is 0 Å². The molecule has 0 saturated carbocycles. The van der Waals surface area contributed by atoms with Crippen LogP contribution in [0.4, 0.5) is 34.1 Å². The average molecular weight is 531 g/mol. The molecule has 0 unspecified atom stereocenters. The molecule has 6 rings (SSSR count). The average Bonchev–Trinajstić information content (AvgIpc) is 3.04. The number of hydrogen-bond donors (Lipinski definition) is 0. The summed E-state index contributed by atoms with van der Waals surface area (Å²) in [6, 6.07) is 60.3. The summed E-state index contributed by atoms with van der Waals surface area (Å²) in [5.41, 5.74) is 8.96. The Morgan fingerprint density at radius 3 is 0.927 bits per heavy atom. The van der Waals surface area contributed by atoms with Crippen molar-refractivity contribution in [3.8, 4) is 0 Å². The van der Waals surface area contributed by atoms with Crippen molar-refractivity contribution in [2.45, 2.75) is 19.3 Å². The van der Waals surface area contributed by atoms with Crippen molar-refractivity contribution in [2.75, 3.05) is 9.80 Å². The van der Waals surface area contributed by atoms with Crippen molar-refractivity contribution >= 4 is 34.1 Å². The summed E-state index contributed by atoms with van der Waals surface area (Å²) >= 11 is 0. The smallest absolute Gasteiger partial charge is 0.0485 e. The summed E-state index contributed by atoms with van der Waals surface area (Å²) in [5.74, 6) is 0. The molecule has 2 heteroatoms. The largest absolute Gasteiger partial charge is 0.310 e. The van der Waals surface area contributed by atoms with Crippen LogP contribution in [0.25, 0.3) is 0 Å². The van der Waals surface area contributed by atoms with Crippen LogP contribution in [-0.2, 0) is 5.41 Å². The number of nitrogens with zero attached hydrogens (tertiary/aromatic N) is 2. The van der Waals surface area contributed by atoms with Crippen molar-refractivity contribution in [2.24, 2.45) is 0 Å². The van der Waals surface area contributed by atoms with E-state index in [-0.39, 0.29) is 5.41 Å². The van der Waals surface area contributed by atoms with Gasteiger partial charge in [-0.15, -0.1) is 0 Å². The van der Waals surface area contributed by atoms with Crippen LogP contribution < -0.4 is 9.80 Å². The zero-order valence-electron chi connectivity index (χ0n) is 23.6. The van der Waals surface area contributed by atoms with Gasteiger partial charge >= 0.3 is 0 Å². The van der Waals surface area contributed by atoms with Gasteiger partial charge in [0, 0.05) is 39.5 Å². The fraction of sp³-hybridized carbons (Fsp3) is 0.0769. The highest BCUT2D eigenvalue weighted by Crippen LogP contribution is 2.44. The lowest BCUT2D eigenvalue weighted by Crippen LogP contribution is -2.21. The standard InChI is InChI=1S/C39H34N2/c1-39(2,31-18-8-3-9-19-31)32-28-37(40(33-20-10-4-11-21-33)34-22-12-5-13-23-34)30-38(29-32)41(35-24-14-6-15-25-35)36-26-16-7-17-27-36/h3-30H,1-2H3. The number of rotatable bonds is 8. The van der Waals surface area contributed by atoms with Gasteiger partial charge in [0.25, 0.3) is 0 Å². The van der Waals surface area contributed by atoms with Crippen LogP contribution in [0.1, 0.15) is 25.0 Å². The van der Waals surface area contributed by atoms with Crippen LogP contribution in [0.3, 0.4) is 0 Å². The Labute approximate surface area is 243 Å². The molecule has 0 radical (unpaired) electrons. The topological polar surface area (TPSA) is 6.48 Å². The monoisotopic (exact) mass is 530 g/mol. The van der Waals surface area contributed by atoms with Crippen molar-refractivity contribution in [1.82, 2.24) is 0 Å². The van der Waals surface area contributed by atoms with Crippen LogP contribution in [0, 0.1) is 0 Å². The normalized spacial score (nSPS) is 11.2. The van der Waals surface area contributed by atoms with Crippen molar-refractivity contribution < 1.29 is 0 Å². The van der Waals surface area contributed by atoms with E-state index in [0.29, 0.717) is 0 Å². The molecule has 41 heavy (non-hydrogen) atoms. The summed E-state index contributed by atoms with van der Waals surface area (Å²) in [7, 11) is 0. The van der Waals surface area contributed by atoms with Crippen LogP contribution in [0.2, 0.25) is 0 Å². The Bertz CT molecular complexity index is 1500. The first-order valence-corrected chi connectivity index (χ1v) is 14.1. The molecule has 200 valence electrons. The highest BCUT2D eigenvalue weighted by Gasteiger charge is 2.27. The second kappa shape index (κ2) is 11.6. The summed E-state index contributed by atoms with van der Waals surface area (Å²) in [6.45, 7) is 4.63. The summed E-state index contributed by atoms with van der Waals surface area (Å²) in [4.78, 5) is 4.70. The molecule has 0 saturated heterocycles. The maximum absolute atomic E-state index is 2.35. The van der Waals surface area contributed by atoms with Crippen LogP contribution >= 0.6 is 0 Å². The third-order valence-corrected chi connectivity index (χ3v) is 7.69. The zero-order chi connectivity index (χ0) is 28.1. The van der Waals surface area contributed by atoms with E-state index in [4.69, 9.17) is 0 Å². The molecule has 0 atom stereocenters. The minimum Gasteiger partial charge on any atom is -0.310 e. The lowest BCUT2D eigenvalue weighted by molar-refractivity contribution is 0.641. The molecule has 0 amide bonds. The first-order chi connectivity index (χ1) is 20.1. The predicted octanol–water partition coefficient (Wildman–Crippen LogP) is 11.0. The van der Waals surface area contributed by atoms with Crippen molar-refractivity contribution in [1.29, 1.82) is 0 Å². The first-order valence-electron chi connectivity index (χ1n) is 14.1. The Kier molecular flexibility index (Phi) is 7.38. The van der Waals surface area contributed by atoms with E-state index in [2.05, 4.69) is 194 Å². The number of hydrogen-bond acceptors (Lipinski definition) is 2. The van der Waals surface area contributed by atoms with Gasteiger partial charge in [-0.25, -0.2) is 0 Å². The molecule has 6 aromatic carbocycles. The number of anilines is 6. The molecule has 0 spiro atoms. The third-order valence-electron chi connectivity index (χ3n) is 7.69. The highest BCUT2D eigenvalue weighted by atomic mass is 15.2. The number of benzene rings is 6. The Morgan fingerprint density at radius 1 is 0.317 bits per heavy atom. The number of para-hydroxylation sites is 4. The quantitative estimate of drug-likeness (QED) is 0.193. The van der Waals surface area contributed by atoms with Gasteiger partial charge in [0.05, 0.1) is 0 Å². The minimum atomic E-state index is -0.232. The molecule has 0 aliphatic carbocycles. The van der Waals surface area contributed by atoms with Gasteiger partial charge in [0.2, 0.25) is 0 Å². The molecule has 0 bridgehead atoms. The summed E-state index contributed by atoms with van der Waals surface area (Å²) in [6.07, 6.45) is 0. The van der Waals surface area contributed by atoms with E-state index in [9.17, 15) is 0 Å². The van der Waals surface area contributed by atoms with E-state index in [0.717, 1.165) is 34.1 Å². The van der Waals surface area contributed by atoms with Gasteiger partial charge in [-0.3, -0.25) is 0 Å². The van der Waals surface area contributed by atoms with E-state index >= 15 is 0 Å². The zero-order valence-corrected chi connectivity index (χ0v) is 23.6. The Morgan fingerprint density at radius 2 is 0.610 bits per heavy atom. The van der Waals surface area contributed by atoms with Gasteiger partial charge in [-0.1, -0.05) is 117 Å². The lowest BCUT2D eigenvalue weighted by atomic mass is 9.77. The lowest BCUT2D eigenvalue weighted by Gasteiger charge is -2.33. The second-order valence-corrected chi connectivity index (χ2v) is 10.7. The van der Waals surface area contributed by atoms with Gasteiger partial charge < -0.3 is 9.80 Å². The molecule has 0 fully saturated rings. The van der Waals surface area contributed by atoms with E-state index in [1.54, 1.807) is 0 Å². The van der Waals surface area contributed by atoms with Gasteiger partial charge in [-0.05, 0) is 77.9 Å². The molecule has 0 heterocycles. The molecule has 6 aromatic rings. The third kappa shape index (κ3) is 5.50. The van der Waals surface area contributed by atoms with Crippen LogP contribution in [-0.4, -0.2) is 0 Å². The molecule has 0 aliphatic rings. The summed E-state index contributed by atoms with van der Waals surface area (Å²) in [5, 5.41) is 0. The van der Waals surface area contributed by atoms with E-state index in [1.165, 1.54) is 11.1 Å². The minimum absolute atomic E-state index is 0.232. The maximum atomic E-state index is 2.35. The molecule has 0 aromatic heterocycles. The van der Waals surface area contributed by atoms with Crippen LogP contribution in [0.5, 0.6) is 0 Å². The van der Waals surface area contributed by atoms with Crippen LogP contribution in [0.15, 0.2) is 170 Å². The maximum Gasteiger partial charge on any atom is 0.0485 e. The SMILES string of the molecule is CC(C)(c1ccccc1)c1cc(N(c2ccccc2)c2ccccc2)cc(N(c2ccccc2)c2ccccc2)c1. The first kappa shape index (κ1) is 26.2. The fourth-order valence-corrected chi connectivity index (χ4v) is 5.44. The second-order valence-electron chi connectivity index (χ2n) is 10.7. The van der Waals surface area contributed by atoms with E-state index < -0.39 is 0 Å².